The monoisotopic (exact) mass is 251 g/mol. The maximum atomic E-state index is 8.71. The third kappa shape index (κ3) is 4.67. The van der Waals surface area contributed by atoms with Crippen molar-refractivity contribution in [2.24, 2.45) is 0 Å². The fourth-order valence-electron chi connectivity index (χ4n) is 1.87. The van der Waals surface area contributed by atoms with E-state index < -0.39 is 0 Å². The molecule has 3 nitrogen and oxygen atoms in total. The Morgan fingerprint density at radius 1 is 1.28 bits per heavy atom. The first-order valence-electron chi connectivity index (χ1n) is 6.70. The maximum absolute atomic E-state index is 8.71. The molecule has 0 bridgehead atoms. The zero-order valence-electron chi connectivity index (χ0n) is 11.7. The molecule has 0 aliphatic heterocycles. The molecule has 0 fully saturated rings. The van der Waals surface area contributed by atoms with Crippen LogP contribution in [0.3, 0.4) is 0 Å². The Balaban J connectivity index is 2.58. The number of aliphatic hydroxyl groups is 1. The molecule has 0 aromatic heterocycles. The highest BCUT2D eigenvalue weighted by Gasteiger charge is 2.10. The molecule has 0 spiro atoms. The van der Waals surface area contributed by atoms with Crippen molar-refractivity contribution >= 4 is 0 Å². The minimum atomic E-state index is 0.270. The summed E-state index contributed by atoms with van der Waals surface area (Å²) in [7, 11) is 1.96. The Hall–Kier alpha value is -1.06. The largest absolute Gasteiger partial charge is 0.493 e. The Labute approximate surface area is 110 Å². The highest BCUT2D eigenvalue weighted by Crippen LogP contribution is 2.26. The van der Waals surface area contributed by atoms with Crippen molar-refractivity contribution in [3.63, 3.8) is 0 Å². The average molecular weight is 251 g/mol. The van der Waals surface area contributed by atoms with Crippen LogP contribution in [0.25, 0.3) is 0 Å². The smallest absolute Gasteiger partial charge is 0.124 e. The van der Waals surface area contributed by atoms with E-state index >= 15 is 0 Å². The van der Waals surface area contributed by atoms with Crippen molar-refractivity contribution in [3.05, 3.63) is 29.3 Å². The van der Waals surface area contributed by atoms with Gasteiger partial charge in [0.2, 0.25) is 0 Å². The molecule has 102 valence electrons. The van der Waals surface area contributed by atoms with Gasteiger partial charge < -0.3 is 15.2 Å². The van der Waals surface area contributed by atoms with Crippen molar-refractivity contribution in [1.29, 1.82) is 0 Å². The number of aliphatic hydroxyl groups excluding tert-OH is 1. The van der Waals surface area contributed by atoms with Crippen molar-refractivity contribution in [3.8, 4) is 5.75 Å². The average Bonchev–Trinajstić information content (AvgIpc) is 2.39. The molecule has 0 aliphatic rings. The van der Waals surface area contributed by atoms with Gasteiger partial charge in [-0.15, -0.1) is 0 Å². The van der Waals surface area contributed by atoms with Crippen LogP contribution in [0.1, 0.15) is 43.4 Å². The molecule has 1 rings (SSSR count). The summed E-state index contributed by atoms with van der Waals surface area (Å²) in [4.78, 5) is 0. The molecule has 1 aromatic rings. The van der Waals surface area contributed by atoms with Gasteiger partial charge in [0.15, 0.2) is 0 Å². The fraction of sp³-hybridized carbons (Fsp3) is 0.600. The molecule has 1 atom stereocenters. The summed E-state index contributed by atoms with van der Waals surface area (Å²) in [5.74, 6) is 0.964. The Kier molecular flexibility index (Phi) is 6.76. The number of unbranched alkanes of at least 4 members (excludes halogenated alkanes) is 2. The molecule has 0 radical (unpaired) electrons. The predicted molar refractivity (Wildman–Crippen MR) is 75.1 cm³/mol. The molecule has 0 saturated carbocycles. The molecular weight excluding hydrogens is 226 g/mol. The van der Waals surface area contributed by atoms with E-state index in [2.05, 4.69) is 31.3 Å². The second-order valence-electron chi connectivity index (χ2n) is 4.68. The number of rotatable bonds is 8. The summed E-state index contributed by atoms with van der Waals surface area (Å²) in [6.07, 6.45) is 2.86. The second-order valence-corrected chi connectivity index (χ2v) is 4.68. The van der Waals surface area contributed by atoms with Crippen LogP contribution in [0.5, 0.6) is 5.75 Å². The summed E-state index contributed by atoms with van der Waals surface area (Å²) in [5, 5.41) is 12.0. The summed E-state index contributed by atoms with van der Waals surface area (Å²) >= 11 is 0. The molecule has 1 aromatic carbocycles. The Bertz CT molecular complexity index is 352. The third-order valence-electron chi connectivity index (χ3n) is 3.12. The Morgan fingerprint density at radius 2 is 2.06 bits per heavy atom. The van der Waals surface area contributed by atoms with E-state index in [1.807, 2.05) is 13.1 Å². The lowest BCUT2D eigenvalue weighted by Gasteiger charge is -2.17. The molecule has 0 saturated heterocycles. The van der Waals surface area contributed by atoms with Crippen molar-refractivity contribution < 1.29 is 9.84 Å². The van der Waals surface area contributed by atoms with Gasteiger partial charge >= 0.3 is 0 Å². The lowest BCUT2D eigenvalue weighted by atomic mass is 10.0. The normalized spacial score (nSPS) is 12.4. The van der Waals surface area contributed by atoms with Gasteiger partial charge in [0.05, 0.1) is 6.61 Å². The number of hydrogen-bond donors (Lipinski definition) is 2. The van der Waals surface area contributed by atoms with E-state index in [1.54, 1.807) is 0 Å². The standard InChI is InChI=1S/C15H25NO2/c1-12-7-8-15(14(11-12)13(2)16-3)18-10-6-4-5-9-17/h7-8,11,13,16-17H,4-6,9-10H2,1-3H3. The number of hydrogen-bond acceptors (Lipinski definition) is 3. The molecule has 18 heavy (non-hydrogen) atoms. The topological polar surface area (TPSA) is 41.5 Å². The van der Waals surface area contributed by atoms with Gasteiger partial charge in [-0.2, -0.15) is 0 Å². The number of ether oxygens (including phenoxy) is 1. The van der Waals surface area contributed by atoms with Gasteiger partial charge in [-0.3, -0.25) is 0 Å². The van der Waals surface area contributed by atoms with E-state index in [0.717, 1.165) is 25.0 Å². The maximum Gasteiger partial charge on any atom is 0.124 e. The van der Waals surface area contributed by atoms with Gasteiger partial charge in [-0.1, -0.05) is 17.7 Å². The minimum absolute atomic E-state index is 0.270. The summed E-state index contributed by atoms with van der Waals surface area (Å²) in [6, 6.07) is 6.58. The quantitative estimate of drug-likeness (QED) is 0.698. The van der Waals surface area contributed by atoms with Crippen LogP contribution in [0, 0.1) is 6.92 Å². The summed E-state index contributed by atoms with van der Waals surface area (Å²) in [5.41, 5.74) is 2.46. The van der Waals surface area contributed by atoms with Crippen LogP contribution in [0.2, 0.25) is 0 Å². The van der Waals surface area contributed by atoms with E-state index in [9.17, 15) is 0 Å². The first-order chi connectivity index (χ1) is 8.69. The van der Waals surface area contributed by atoms with E-state index in [1.165, 1.54) is 11.1 Å². The predicted octanol–water partition coefficient (Wildman–Crippen LogP) is 2.82. The number of aryl methyl sites for hydroxylation is 1. The van der Waals surface area contributed by atoms with Crippen molar-refractivity contribution in [2.75, 3.05) is 20.3 Å². The highest BCUT2D eigenvalue weighted by molar-refractivity contribution is 5.38. The zero-order valence-corrected chi connectivity index (χ0v) is 11.7. The lowest BCUT2D eigenvalue weighted by molar-refractivity contribution is 0.264. The van der Waals surface area contributed by atoms with Crippen LogP contribution in [-0.4, -0.2) is 25.4 Å². The molecule has 2 N–H and O–H groups in total. The molecule has 0 heterocycles. The molecule has 1 unspecified atom stereocenters. The van der Waals surface area contributed by atoms with E-state index in [0.29, 0.717) is 6.61 Å². The zero-order chi connectivity index (χ0) is 13.4. The van der Waals surface area contributed by atoms with Gasteiger partial charge in [0, 0.05) is 18.2 Å². The van der Waals surface area contributed by atoms with Crippen molar-refractivity contribution in [2.45, 2.75) is 39.2 Å². The summed E-state index contributed by atoms with van der Waals surface area (Å²) < 4.78 is 5.84. The van der Waals surface area contributed by atoms with Crippen LogP contribution in [0.4, 0.5) is 0 Å². The minimum Gasteiger partial charge on any atom is -0.493 e. The van der Waals surface area contributed by atoms with Gasteiger partial charge in [0.1, 0.15) is 5.75 Å². The molecule has 3 heteroatoms. The van der Waals surface area contributed by atoms with Crippen LogP contribution in [-0.2, 0) is 0 Å². The molecule has 0 amide bonds. The SMILES string of the molecule is CNC(C)c1cc(C)ccc1OCCCCCO. The van der Waals surface area contributed by atoms with Gasteiger partial charge in [-0.05, 0) is 46.2 Å². The molecule has 0 aliphatic carbocycles. The van der Waals surface area contributed by atoms with Crippen LogP contribution in [0.15, 0.2) is 18.2 Å². The summed E-state index contributed by atoms with van der Waals surface area (Å²) in [6.45, 7) is 5.21. The second kappa shape index (κ2) is 8.11. The number of benzene rings is 1. The van der Waals surface area contributed by atoms with E-state index in [-0.39, 0.29) is 12.6 Å². The first kappa shape index (κ1) is 15.0. The van der Waals surface area contributed by atoms with E-state index in [4.69, 9.17) is 9.84 Å². The van der Waals surface area contributed by atoms with Crippen molar-refractivity contribution in [1.82, 2.24) is 5.32 Å². The van der Waals surface area contributed by atoms with Gasteiger partial charge in [0.25, 0.3) is 0 Å². The first-order valence-corrected chi connectivity index (χ1v) is 6.70. The fourth-order valence-corrected chi connectivity index (χ4v) is 1.87. The number of nitrogens with one attached hydrogen (secondary N) is 1. The van der Waals surface area contributed by atoms with Gasteiger partial charge in [-0.25, -0.2) is 0 Å². The van der Waals surface area contributed by atoms with Crippen LogP contribution < -0.4 is 10.1 Å². The molecular formula is C15H25NO2. The Morgan fingerprint density at radius 3 is 2.72 bits per heavy atom. The van der Waals surface area contributed by atoms with Crippen LogP contribution >= 0.6 is 0 Å². The third-order valence-corrected chi connectivity index (χ3v) is 3.12. The highest BCUT2D eigenvalue weighted by atomic mass is 16.5. The lowest BCUT2D eigenvalue weighted by Crippen LogP contribution is -2.14.